The monoisotopic (exact) mass is 376 g/mol. The normalized spacial score (nSPS) is 11.3. The topological polar surface area (TPSA) is 68.5 Å². The number of ether oxygens (including phenoxy) is 1. The summed E-state index contributed by atoms with van der Waals surface area (Å²) in [6, 6.07) is 19.0. The third kappa shape index (κ3) is 5.30. The molecular weight excluding hydrogens is 352 g/mol. The fraction of sp³-hybridized carbons (Fsp3) is 0.227. The van der Waals surface area contributed by atoms with Gasteiger partial charge in [0.2, 0.25) is 5.88 Å². The Balaban J connectivity index is 1.78. The van der Waals surface area contributed by atoms with Crippen molar-refractivity contribution in [1.82, 2.24) is 15.1 Å². The lowest BCUT2D eigenvalue weighted by Gasteiger charge is -2.12. The van der Waals surface area contributed by atoms with Crippen LogP contribution in [0.3, 0.4) is 0 Å². The number of nitrogens with one attached hydrogen (secondary N) is 1. The van der Waals surface area contributed by atoms with Gasteiger partial charge in [-0.25, -0.2) is 9.48 Å². The Bertz CT molecular complexity index is 979. The van der Waals surface area contributed by atoms with Crippen LogP contribution in [0.5, 0.6) is 5.88 Å². The molecule has 0 atom stereocenters. The molecule has 0 aliphatic carbocycles. The number of hydrogen-bond donors (Lipinski definition) is 1. The fourth-order valence-corrected chi connectivity index (χ4v) is 2.57. The summed E-state index contributed by atoms with van der Waals surface area (Å²) in [5, 5.41) is 7.64. The van der Waals surface area contributed by atoms with Crippen LogP contribution in [-0.4, -0.2) is 22.4 Å². The van der Waals surface area contributed by atoms with Crippen molar-refractivity contribution in [3.8, 4) is 11.6 Å². The number of benzene rings is 2. The average Bonchev–Trinajstić information content (AvgIpc) is 2.72. The van der Waals surface area contributed by atoms with Crippen molar-refractivity contribution in [3.05, 3.63) is 83.3 Å². The Morgan fingerprint density at radius 1 is 1.14 bits per heavy atom. The van der Waals surface area contributed by atoms with Crippen LogP contribution < -0.4 is 15.4 Å². The van der Waals surface area contributed by atoms with Crippen LogP contribution in [0.25, 0.3) is 5.69 Å². The van der Waals surface area contributed by atoms with E-state index in [0.29, 0.717) is 24.4 Å². The van der Waals surface area contributed by atoms with Crippen molar-refractivity contribution < 1.29 is 9.53 Å². The van der Waals surface area contributed by atoms with Crippen LogP contribution >= 0.6 is 0 Å². The molecular formula is C22H24N4O2. The number of carbonyl (C=O) groups excluding carboxylic acids is 1. The second kappa shape index (κ2) is 9.50. The summed E-state index contributed by atoms with van der Waals surface area (Å²) in [7, 11) is 0. The van der Waals surface area contributed by atoms with Gasteiger partial charge < -0.3 is 10.1 Å². The molecule has 6 heteroatoms. The zero-order valence-corrected chi connectivity index (χ0v) is 16.1. The Morgan fingerprint density at radius 2 is 1.89 bits per heavy atom. The Kier molecular flexibility index (Phi) is 6.57. The highest BCUT2D eigenvalue weighted by atomic mass is 16.5. The molecule has 1 heterocycles. The number of urea groups is 1. The van der Waals surface area contributed by atoms with E-state index in [4.69, 9.17) is 4.74 Å². The van der Waals surface area contributed by atoms with Gasteiger partial charge in [0.05, 0.1) is 23.8 Å². The molecule has 0 saturated heterocycles. The maximum atomic E-state index is 12.2. The lowest BCUT2D eigenvalue weighted by molar-refractivity contribution is 0.248. The van der Waals surface area contributed by atoms with Crippen LogP contribution in [0.4, 0.5) is 4.79 Å². The molecule has 1 N–H and O–H groups in total. The predicted molar refractivity (Wildman–Crippen MR) is 108 cm³/mol. The molecule has 0 fully saturated rings. The number of nitrogens with zero attached hydrogens (tertiary/aromatic N) is 3. The summed E-state index contributed by atoms with van der Waals surface area (Å²) in [6.07, 6.45) is 2.42. The van der Waals surface area contributed by atoms with Gasteiger partial charge in [0.25, 0.3) is 0 Å². The maximum absolute atomic E-state index is 12.2. The van der Waals surface area contributed by atoms with Gasteiger partial charge in [-0.3, -0.25) is 0 Å². The molecule has 6 nitrogen and oxygen atoms in total. The summed E-state index contributed by atoms with van der Waals surface area (Å²) >= 11 is 0. The number of rotatable bonds is 6. The van der Waals surface area contributed by atoms with Gasteiger partial charge in [0, 0.05) is 12.6 Å². The van der Waals surface area contributed by atoms with Crippen LogP contribution in [0.2, 0.25) is 0 Å². The second-order valence-electron chi connectivity index (χ2n) is 6.40. The first-order valence-corrected chi connectivity index (χ1v) is 9.31. The fourth-order valence-electron chi connectivity index (χ4n) is 2.57. The molecule has 3 rings (SSSR count). The van der Waals surface area contributed by atoms with E-state index >= 15 is 0 Å². The number of hydrogen-bond acceptors (Lipinski definition) is 3. The minimum absolute atomic E-state index is 0.415. The van der Waals surface area contributed by atoms with E-state index in [1.54, 1.807) is 16.9 Å². The molecule has 0 aliphatic rings. The summed E-state index contributed by atoms with van der Waals surface area (Å²) in [4.78, 5) is 16.3. The first-order chi connectivity index (χ1) is 13.7. The molecule has 0 spiro atoms. The van der Waals surface area contributed by atoms with Crippen molar-refractivity contribution in [2.75, 3.05) is 6.61 Å². The smallest absolute Gasteiger partial charge is 0.341 e. The third-order valence-corrected chi connectivity index (χ3v) is 4.04. The maximum Gasteiger partial charge on any atom is 0.341 e. The van der Waals surface area contributed by atoms with Crippen LogP contribution in [0.15, 0.2) is 71.9 Å². The molecule has 2 amide bonds. The van der Waals surface area contributed by atoms with E-state index in [2.05, 4.69) is 15.4 Å². The van der Waals surface area contributed by atoms with Crippen molar-refractivity contribution in [2.45, 2.75) is 26.8 Å². The van der Waals surface area contributed by atoms with Gasteiger partial charge in [0.15, 0.2) is 0 Å². The highest BCUT2D eigenvalue weighted by molar-refractivity contribution is 5.74. The van der Waals surface area contributed by atoms with E-state index in [0.717, 1.165) is 17.7 Å². The lowest BCUT2D eigenvalue weighted by Crippen LogP contribution is -2.22. The molecule has 1 aromatic heterocycles. The molecule has 144 valence electrons. The van der Waals surface area contributed by atoms with Gasteiger partial charge in [-0.05, 0) is 31.0 Å². The Hall–Kier alpha value is -3.41. The van der Waals surface area contributed by atoms with Gasteiger partial charge in [0.1, 0.15) is 0 Å². The highest BCUT2D eigenvalue weighted by Gasteiger charge is 2.06. The quantitative estimate of drug-likeness (QED) is 0.712. The summed E-state index contributed by atoms with van der Waals surface area (Å²) in [6.45, 7) is 5.04. The number of aromatic nitrogens is 2. The Morgan fingerprint density at radius 3 is 2.61 bits per heavy atom. The van der Waals surface area contributed by atoms with Crippen LogP contribution in [-0.2, 0) is 6.54 Å². The van der Waals surface area contributed by atoms with E-state index in [1.807, 2.05) is 68.4 Å². The van der Waals surface area contributed by atoms with E-state index < -0.39 is 6.03 Å². The Labute approximate surface area is 164 Å². The first-order valence-electron chi connectivity index (χ1n) is 9.31. The zero-order chi connectivity index (χ0) is 19.8. The van der Waals surface area contributed by atoms with Crippen LogP contribution in [0.1, 0.15) is 24.5 Å². The first kappa shape index (κ1) is 19.4. The molecule has 2 aromatic carbocycles. The van der Waals surface area contributed by atoms with Crippen molar-refractivity contribution in [1.29, 1.82) is 0 Å². The number of para-hydroxylation sites is 1. The molecule has 3 aromatic rings. The average molecular weight is 376 g/mol. The summed E-state index contributed by atoms with van der Waals surface area (Å²) < 4.78 is 7.51. The third-order valence-electron chi connectivity index (χ3n) is 4.04. The second-order valence-corrected chi connectivity index (χ2v) is 6.40. The molecule has 0 radical (unpaired) electrons. The SMILES string of the molecule is CCCOc1cc(=NC(=O)NCc2ccc(C)cc2)cnn1-c1ccccc1. The van der Waals surface area contributed by atoms with Crippen molar-refractivity contribution in [2.24, 2.45) is 4.99 Å². The molecule has 28 heavy (non-hydrogen) atoms. The van der Waals surface area contributed by atoms with Gasteiger partial charge in [-0.2, -0.15) is 10.1 Å². The minimum atomic E-state index is -0.415. The van der Waals surface area contributed by atoms with Crippen LogP contribution in [0, 0.1) is 6.92 Å². The summed E-state index contributed by atoms with van der Waals surface area (Å²) in [5.74, 6) is 0.542. The van der Waals surface area contributed by atoms with E-state index in [9.17, 15) is 4.79 Å². The van der Waals surface area contributed by atoms with Crippen molar-refractivity contribution >= 4 is 6.03 Å². The largest absolute Gasteiger partial charge is 0.478 e. The van der Waals surface area contributed by atoms with Gasteiger partial charge >= 0.3 is 6.03 Å². The summed E-state index contributed by atoms with van der Waals surface area (Å²) in [5.41, 5.74) is 3.08. The minimum Gasteiger partial charge on any atom is -0.478 e. The molecule has 0 unspecified atom stereocenters. The van der Waals surface area contributed by atoms with E-state index in [-0.39, 0.29) is 0 Å². The predicted octanol–water partition coefficient (Wildman–Crippen LogP) is 3.78. The van der Waals surface area contributed by atoms with Gasteiger partial charge in [-0.15, -0.1) is 0 Å². The lowest BCUT2D eigenvalue weighted by atomic mass is 10.1. The number of aryl methyl sites for hydroxylation is 1. The van der Waals surface area contributed by atoms with Crippen molar-refractivity contribution in [3.63, 3.8) is 0 Å². The highest BCUT2D eigenvalue weighted by Crippen LogP contribution is 2.14. The van der Waals surface area contributed by atoms with Gasteiger partial charge in [-0.1, -0.05) is 55.0 Å². The molecule has 0 bridgehead atoms. The number of carbonyl (C=O) groups is 1. The van der Waals surface area contributed by atoms with E-state index in [1.165, 1.54) is 5.56 Å². The molecule has 0 saturated carbocycles. The standard InChI is InChI=1S/C22H24N4O2/c1-3-13-28-21-14-19(16-24-26(21)20-7-5-4-6-8-20)25-22(27)23-15-18-11-9-17(2)10-12-18/h4-12,14,16H,3,13,15H2,1-2H3,(H,23,27). The zero-order valence-electron chi connectivity index (χ0n) is 16.1. The number of amides is 2. The molecule has 0 aliphatic heterocycles.